The lowest BCUT2D eigenvalue weighted by molar-refractivity contribution is -0.0900. The molecule has 0 aromatic rings. The summed E-state index contributed by atoms with van der Waals surface area (Å²) in [7, 11) is 1.72. The number of hydrogen-bond donors (Lipinski definition) is 1. The predicted molar refractivity (Wildman–Crippen MR) is 66.5 cm³/mol. The van der Waals surface area contributed by atoms with Crippen LogP contribution in [0.2, 0.25) is 0 Å². The van der Waals surface area contributed by atoms with Crippen molar-refractivity contribution in [3.8, 4) is 0 Å². The molecule has 0 rings (SSSR count). The van der Waals surface area contributed by atoms with Crippen molar-refractivity contribution in [3.63, 3.8) is 0 Å². The second-order valence-electron chi connectivity index (χ2n) is 4.95. The fraction of sp³-hybridized carbons (Fsp3) is 1.00. The van der Waals surface area contributed by atoms with Gasteiger partial charge in [-0.2, -0.15) is 0 Å². The van der Waals surface area contributed by atoms with Gasteiger partial charge in [0.15, 0.2) is 0 Å². The number of aliphatic hydroxyl groups excluding tert-OH is 1. The van der Waals surface area contributed by atoms with Gasteiger partial charge in [0.2, 0.25) is 0 Å². The van der Waals surface area contributed by atoms with Crippen molar-refractivity contribution in [2.45, 2.75) is 66.0 Å². The molecule has 0 fully saturated rings. The molecule has 0 heterocycles. The molecule has 0 aliphatic carbocycles. The normalized spacial score (nSPS) is 23.2. The van der Waals surface area contributed by atoms with Crippen LogP contribution in [0, 0.1) is 11.8 Å². The van der Waals surface area contributed by atoms with Gasteiger partial charge in [-0.1, -0.05) is 13.8 Å². The van der Waals surface area contributed by atoms with Crippen molar-refractivity contribution in [2.24, 2.45) is 11.8 Å². The fourth-order valence-electron chi connectivity index (χ4n) is 1.57. The smallest absolute Gasteiger partial charge is 0.0600 e. The summed E-state index contributed by atoms with van der Waals surface area (Å²) in [5.74, 6) is 0.487. The molecule has 3 heteroatoms. The largest absolute Gasteiger partial charge is 0.393 e. The highest BCUT2D eigenvalue weighted by Crippen LogP contribution is 2.19. The van der Waals surface area contributed by atoms with Crippen LogP contribution < -0.4 is 0 Å². The Balaban J connectivity index is 4.17. The van der Waals surface area contributed by atoms with E-state index in [2.05, 4.69) is 13.8 Å². The molecule has 3 nitrogen and oxygen atoms in total. The van der Waals surface area contributed by atoms with Crippen molar-refractivity contribution in [1.29, 1.82) is 0 Å². The maximum absolute atomic E-state index is 9.49. The molecule has 0 aliphatic rings. The number of methoxy groups -OCH3 is 1. The zero-order chi connectivity index (χ0) is 12.9. The summed E-state index contributed by atoms with van der Waals surface area (Å²) in [5.41, 5.74) is 0. The molecule has 1 N–H and O–H groups in total. The highest BCUT2D eigenvalue weighted by molar-refractivity contribution is 4.72. The Morgan fingerprint density at radius 3 is 1.56 bits per heavy atom. The van der Waals surface area contributed by atoms with Crippen LogP contribution in [0.1, 0.15) is 41.5 Å². The Bertz CT molecular complexity index is 182. The first-order valence-electron chi connectivity index (χ1n) is 6.17. The van der Waals surface area contributed by atoms with Crippen LogP contribution in [0.4, 0.5) is 0 Å². The summed E-state index contributed by atoms with van der Waals surface area (Å²) in [6.07, 6.45) is 0.0362. The molecular formula is C13H28O3. The molecule has 0 aliphatic heterocycles. The summed E-state index contributed by atoms with van der Waals surface area (Å²) in [4.78, 5) is 0. The maximum atomic E-state index is 9.49. The Morgan fingerprint density at radius 1 is 0.750 bits per heavy atom. The van der Waals surface area contributed by atoms with Gasteiger partial charge in [0.25, 0.3) is 0 Å². The van der Waals surface area contributed by atoms with E-state index in [9.17, 15) is 5.11 Å². The lowest BCUT2D eigenvalue weighted by Gasteiger charge is -2.31. The molecule has 6 unspecified atom stereocenters. The first-order valence-corrected chi connectivity index (χ1v) is 6.17. The van der Waals surface area contributed by atoms with E-state index < -0.39 is 0 Å². The summed E-state index contributed by atoms with van der Waals surface area (Å²) in [5, 5.41) is 9.49. The van der Waals surface area contributed by atoms with Gasteiger partial charge in [0.1, 0.15) is 0 Å². The summed E-state index contributed by atoms with van der Waals surface area (Å²) in [6.45, 7) is 12.1. The Kier molecular flexibility index (Phi) is 7.20. The Labute approximate surface area is 100 Å². The van der Waals surface area contributed by atoms with E-state index in [4.69, 9.17) is 9.47 Å². The zero-order valence-corrected chi connectivity index (χ0v) is 11.7. The van der Waals surface area contributed by atoms with Gasteiger partial charge in [0, 0.05) is 18.9 Å². The van der Waals surface area contributed by atoms with E-state index in [1.54, 1.807) is 14.0 Å². The number of ether oxygens (including phenoxy) is 2. The molecule has 6 atom stereocenters. The first-order chi connectivity index (χ1) is 7.31. The van der Waals surface area contributed by atoms with E-state index in [1.807, 2.05) is 20.8 Å². The average molecular weight is 232 g/mol. The number of rotatable bonds is 7. The predicted octanol–water partition coefficient (Wildman–Crippen LogP) is 2.47. The standard InChI is InChI=1S/C13H28O3/c1-8(10(3)14)12(5)16-13(6)9(2)11(4)15-7/h8-14H,1-7H3. The van der Waals surface area contributed by atoms with Gasteiger partial charge in [-0.15, -0.1) is 0 Å². The van der Waals surface area contributed by atoms with E-state index >= 15 is 0 Å². The lowest BCUT2D eigenvalue weighted by atomic mass is 9.97. The van der Waals surface area contributed by atoms with E-state index in [-0.39, 0.29) is 30.3 Å². The van der Waals surface area contributed by atoms with E-state index in [0.717, 1.165) is 0 Å². The molecule has 0 saturated heterocycles. The van der Waals surface area contributed by atoms with Gasteiger partial charge >= 0.3 is 0 Å². The highest BCUT2D eigenvalue weighted by atomic mass is 16.5. The zero-order valence-electron chi connectivity index (χ0n) is 11.7. The van der Waals surface area contributed by atoms with Crippen LogP contribution in [0.5, 0.6) is 0 Å². The van der Waals surface area contributed by atoms with Gasteiger partial charge in [-0.3, -0.25) is 0 Å². The minimum Gasteiger partial charge on any atom is -0.393 e. The molecule has 0 aromatic carbocycles. The van der Waals surface area contributed by atoms with Crippen molar-refractivity contribution in [2.75, 3.05) is 7.11 Å². The second kappa shape index (κ2) is 7.25. The van der Waals surface area contributed by atoms with Gasteiger partial charge < -0.3 is 14.6 Å². The van der Waals surface area contributed by atoms with Crippen LogP contribution in [-0.4, -0.2) is 36.6 Å². The molecule has 0 radical (unpaired) electrons. The van der Waals surface area contributed by atoms with E-state index in [1.165, 1.54) is 0 Å². The second-order valence-corrected chi connectivity index (χ2v) is 4.95. The van der Waals surface area contributed by atoms with Crippen molar-refractivity contribution in [3.05, 3.63) is 0 Å². The van der Waals surface area contributed by atoms with Crippen molar-refractivity contribution < 1.29 is 14.6 Å². The summed E-state index contributed by atoms with van der Waals surface area (Å²) in [6, 6.07) is 0. The molecule has 16 heavy (non-hydrogen) atoms. The molecule has 0 saturated carbocycles. The van der Waals surface area contributed by atoms with Crippen molar-refractivity contribution in [1.82, 2.24) is 0 Å². The Hall–Kier alpha value is -0.120. The number of aliphatic hydroxyl groups is 1. The average Bonchev–Trinajstić information content (AvgIpc) is 2.25. The fourth-order valence-corrected chi connectivity index (χ4v) is 1.57. The SMILES string of the molecule is COC(C)C(C)C(C)OC(C)C(C)C(C)O. The highest BCUT2D eigenvalue weighted by Gasteiger charge is 2.25. The van der Waals surface area contributed by atoms with Crippen LogP contribution in [0.3, 0.4) is 0 Å². The minimum atomic E-state index is -0.336. The van der Waals surface area contributed by atoms with Gasteiger partial charge in [0.05, 0.1) is 24.4 Å². The maximum Gasteiger partial charge on any atom is 0.0600 e. The quantitative estimate of drug-likeness (QED) is 0.733. The third kappa shape index (κ3) is 4.81. The van der Waals surface area contributed by atoms with Crippen LogP contribution in [0.15, 0.2) is 0 Å². The lowest BCUT2D eigenvalue weighted by Crippen LogP contribution is -2.35. The molecule has 0 spiro atoms. The van der Waals surface area contributed by atoms with Gasteiger partial charge in [-0.25, -0.2) is 0 Å². The first kappa shape index (κ1) is 15.9. The summed E-state index contributed by atoms with van der Waals surface area (Å²) >= 11 is 0. The molecule has 0 bridgehead atoms. The Morgan fingerprint density at radius 2 is 1.19 bits per heavy atom. The molecular weight excluding hydrogens is 204 g/mol. The molecule has 0 amide bonds. The van der Waals surface area contributed by atoms with Crippen LogP contribution in [-0.2, 0) is 9.47 Å². The van der Waals surface area contributed by atoms with Crippen LogP contribution in [0.25, 0.3) is 0 Å². The number of hydrogen-bond acceptors (Lipinski definition) is 3. The van der Waals surface area contributed by atoms with E-state index in [0.29, 0.717) is 5.92 Å². The van der Waals surface area contributed by atoms with Crippen molar-refractivity contribution >= 4 is 0 Å². The topological polar surface area (TPSA) is 38.7 Å². The molecule has 98 valence electrons. The minimum absolute atomic E-state index is 0.0570. The summed E-state index contributed by atoms with van der Waals surface area (Å²) < 4.78 is 11.2. The molecule has 0 aromatic heterocycles. The van der Waals surface area contributed by atoms with Gasteiger partial charge in [-0.05, 0) is 27.7 Å². The third-order valence-corrected chi connectivity index (χ3v) is 3.78. The third-order valence-electron chi connectivity index (χ3n) is 3.78. The monoisotopic (exact) mass is 232 g/mol. The van der Waals surface area contributed by atoms with Crippen LogP contribution >= 0.6 is 0 Å².